The Hall–Kier alpha value is -1.36. The normalized spacial score (nSPS) is 16.9. The molecule has 3 rings (SSSR count). The van der Waals surface area contributed by atoms with E-state index in [0.717, 1.165) is 36.4 Å². The first-order chi connectivity index (χ1) is 12.6. The molecule has 1 saturated heterocycles. The van der Waals surface area contributed by atoms with Crippen LogP contribution in [0.4, 0.5) is 0 Å². The van der Waals surface area contributed by atoms with Crippen LogP contribution in [0.25, 0.3) is 0 Å². The molecule has 26 heavy (non-hydrogen) atoms. The summed E-state index contributed by atoms with van der Waals surface area (Å²) in [5.41, 5.74) is 5.22. The molecule has 1 N–H and O–H groups in total. The van der Waals surface area contributed by atoms with Crippen LogP contribution in [0.2, 0.25) is 0 Å². The Morgan fingerprint density at radius 1 is 1.08 bits per heavy atom. The molecule has 140 valence electrons. The smallest absolute Gasteiger partial charge is 0.124 e. The predicted octanol–water partition coefficient (Wildman–Crippen LogP) is 4.85. The van der Waals surface area contributed by atoms with Crippen molar-refractivity contribution in [1.29, 1.82) is 0 Å². The number of hydrogen-bond acceptors (Lipinski definition) is 3. The standard InChI is InChI=1S/C22H29BrN2O/c1-4-26-21-7-6-19(23)15-20(21)22(25-10-5-8-24-9-11-25)18-13-16(2)12-17(3)14-18/h6-7,12-15,22,24H,4-5,8-11H2,1-3H3. The molecule has 2 aromatic rings. The molecule has 0 spiro atoms. The zero-order valence-corrected chi connectivity index (χ0v) is 17.6. The summed E-state index contributed by atoms with van der Waals surface area (Å²) in [6.07, 6.45) is 1.17. The van der Waals surface area contributed by atoms with Gasteiger partial charge in [-0.3, -0.25) is 4.90 Å². The van der Waals surface area contributed by atoms with Crippen LogP contribution in [0.15, 0.2) is 40.9 Å². The van der Waals surface area contributed by atoms with Crippen molar-refractivity contribution in [3.05, 3.63) is 63.1 Å². The monoisotopic (exact) mass is 416 g/mol. The van der Waals surface area contributed by atoms with Gasteiger partial charge in [0.15, 0.2) is 0 Å². The highest BCUT2D eigenvalue weighted by molar-refractivity contribution is 9.10. The van der Waals surface area contributed by atoms with Crippen LogP contribution >= 0.6 is 15.9 Å². The molecule has 1 atom stereocenters. The molecule has 3 nitrogen and oxygen atoms in total. The molecular weight excluding hydrogens is 388 g/mol. The fourth-order valence-corrected chi connectivity index (χ4v) is 4.28. The van der Waals surface area contributed by atoms with Crippen LogP contribution in [0, 0.1) is 13.8 Å². The van der Waals surface area contributed by atoms with Crippen molar-refractivity contribution in [1.82, 2.24) is 10.2 Å². The second kappa shape index (κ2) is 9.03. The number of ether oxygens (including phenoxy) is 1. The first-order valence-electron chi connectivity index (χ1n) is 9.53. The van der Waals surface area contributed by atoms with Crippen molar-refractivity contribution in [2.45, 2.75) is 33.2 Å². The molecule has 0 amide bonds. The van der Waals surface area contributed by atoms with E-state index in [0.29, 0.717) is 6.61 Å². The Morgan fingerprint density at radius 3 is 2.58 bits per heavy atom. The van der Waals surface area contributed by atoms with Gasteiger partial charge in [0.2, 0.25) is 0 Å². The van der Waals surface area contributed by atoms with E-state index in [1.807, 2.05) is 6.92 Å². The minimum Gasteiger partial charge on any atom is -0.494 e. The lowest BCUT2D eigenvalue weighted by molar-refractivity contribution is 0.233. The third kappa shape index (κ3) is 4.67. The average molecular weight is 417 g/mol. The van der Waals surface area contributed by atoms with Crippen molar-refractivity contribution in [3.8, 4) is 5.75 Å². The van der Waals surface area contributed by atoms with Gasteiger partial charge in [-0.15, -0.1) is 0 Å². The summed E-state index contributed by atoms with van der Waals surface area (Å²) < 4.78 is 7.11. The lowest BCUT2D eigenvalue weighted by Gasteiger charge is -2.33. The SMILES string of the molecule is CCOc1ccc(Br)cc1C(c1cc(C)cc(C)c1)N1CCCNCC1. The summed E-state index contributed by atoms with van der Waals surface area (Å²) in [5, 5.41) is 3.53. The highest BCUT2D eigenvalue weighted by Crippen LogP contribution is 2.37. The third-order valence-corrected chi connectivity index (χ3v) is 5.36. The quantitative estimate of drug-likeness (QED) is 0.753. The molecule has 2 aromatic carbocycles. The minimum atomic E-state index is 0.201. The van der Waals surface area contributed by atoms with E-state index in [9.17, 15) is 0 Å². The molecule has 0 saturated carbocycles. The Kier molecular flexibility index (Phi) is 6.74. The summed E-state index contributed by atoms with van der Waals surface area (Å²) in [7, 11) is 0. The maximum atomic E-state index is 6.01. The van der Waals surface area contributed by atoms with Crippen LogP contribution in [0.5, 0.6) is 5.75 Å². The van der Waals surface area contributed by atoms with Gasteiger partial charge in [-0.1, -0.05) is 45.3 Å². The topological polar surface area (TPSA) is 24.5 Å². The van der Waals surface area contributed by atoms with Crippen molar-refractivity contribution in [2.24, 2.45) is 0 Å². The van der Waals surface area contributed by atoms with Gasteiger partial charge in [0, 0.05) is 29.7 Å². The maximum Gasteiger partial charge on any atom is 0.124 e. The molecule has 0 radical (unpaired) electrons. The lowest BCUT2D eigenvalue weighted by Crippen LogP contribution is -2.33. The first kappa shape index (κ1) is 19.4. The van der Waals surface area contributed by atoms with Crippen LogP contribution in [0.3, 0.4) is 0 Å². The molecule has 0 bridgehead atoms. The fraction of sp³-hybridized carbons (Fsp3) is 0.455. The number of rotatable bonds is 5. The number of benzene rings is 2. The fourth-order valence-electron chi connectivity index (χ4n) is 3.90. The Morgan fingerprint density at radius 2 is 1.85 bits per heavy atom. The van der Waals surface area contributed by atoms with Crippen molar-refractivity contribution in [2.75, 3.05) is 32.8 Å². The largest absolute Gasteiger partial charge is 0.494 e. The number of aryl methyl sites for hydroxylation is 2. The highest BCUT2D eigenvalue weighted by Gasteiger charge is 2.26. The number of halogens is 1. The van der Waals surface area contributed by atoms with Gasteiger partial charge < -0.3 is 10.1 Å². The zero-order valence-electron chi connectivity index (χ0n) is 16.0. The maximum absolute atomic E-state index is 6.01. The van der Waals surface area contributed by atoms with Crippen molar-refractivity contribution in [3.63, 3.8) is 0 Å². The molecule has 0 aromatic heterocycles. The molecule has 1 unspecified atom stereocenters. The van der Waals surface area contributed by atoms with Gasteiger partial charge in [0.25, 0.3) is 0 Å². The molecule has 4 heteroatoms. The van der Waals surface area contributed by atoms with E-state index in [4.69, 9.17) is 4.74 Å². The summed E-state index contributed by atoms with van der Waals surface area (Å²) in [6, 6.07) is 13.5. The van der Waals surface area contributed by atoms with E-state index in [-0.39, 0.29) is 6.04 Å². The Balaban J connectivity index is 2.12. The molecular formula is C22H29BrN2O. The van der Waals surface area contributed by atoms with Gasteiger partial charge in [-0.05, 0) is 57.5 Å². The van der Waals surface area contributed by atoms with Gasteiger partial charge in [0.05, 0.1) is 12.6 Å². The van der Waals surface area contributed by atoms with Gasteiger partial charge in [0.1, 0.15) is 5.75 Å². The Labute approximate surface area is 165 Å². The van der Waals surface area contributed by atoms with E-state index in [2.05, 4.69) is 76.4 Å². The molecule has 1 aliphatic heterocycles. The number of hydrogen-bond donors (Lipinski definition) is 1. The summed E-state index contributed by atoms with van der Waals surface area (Å²) in [6.45, 7) is 11.3. The van der Waals surface area contributed by atoms with Crippen LogP contribution < -0.4 is 10.1 Å². The second-order valence-electron chi connectivity index (χ2n) is 7.08. The van der Waals surface area contributed by atoms with Crippen LogP contribution in [-0.2, 0) is 0 Å². The summed E-state index contributed by atoms with van der Waals surface area (Å²) in [4.78, 5) is 2.60. The molecule has 1 fully saturated rings. The molecule has 1 aliphatic rings. The highest BCUT2D eigenvalue weighted by atomic mass is 79.9. The summed E-state index contributed by atoms with van der Waals surface area (Å²) >= 11 is 3.67. The predicted molar refractivity (Wildman–Crippen MR) is 112 cm³/mol. The van der Waals surface area contributed by atoms with E-state index in [1.165, 1.54) is 28.7 Å². The second-order valence-corrected chi connectivity index (χ2v) is 7.99. The van der Waals surface area contributed by atoms with Crippen LogP contribution in [0.1, 0.15) is 41.6 Å². The van der Waals surface area contributed by atoms with Gasteiger partial charge >= 0.3 is 0 Å². The lowest BCUT2D eigenvalue weighted by atomic mass is 9.93. The first-order valence-corrected chi connectivity index (χ1v) is 10.3. The van der Waals surface area contributed by atoms with Crippen molar-refractivity contribution < 1.29 is 4.74 Å². The summed E-state index contributed by atoms with van der Waals surface area (Å²) in [5.74, 6) is 0.983. The van der Waals surface area contributed by atoms with E-state index < -0.39 is 0 Å². The molecule has 1 heterocycles. The number of nitrogens with one attached hydrogen (secondary N) is 1. The van der Waals surface area contributed by atoms with E-state index >= 15 is 0 Å². The van der Waals surface area contributed by atoms with Gasteiger partial charge in [-0.2, -0.15) is 0 Å². The minimum absolute atomic E-state index is 0.201. The number of nitrogens with zero attached hydrogens (tertiary/aromatic N) is 1. The van der Waals surface area contributed by atoms with Crippen molar-refractivity contribution >= 4 is 15.9 Å². The Bertz CT molecular complexity index is 719. The van der Waals surface area contributed by atoms with E-state index in [1.54, 1.807) is 0 Å². The van der Waals surface area contributed by atoms with Gasteiger partial charge in [-0.25, -0.2) is 0 Å². The zero-order chi connectivity index (χ0) is 18.5. The average Bonchev–Trinajstić information content (AvgIpc) is 2.86. The van der Waals surface area contributed by atoms with Crippen LogP contribution in [-0.4, -0.2) is 37.7 Å². The molecule has 0 aliphatic carbocycles. The third-order valence-electron chi connectivity index (χ3n) is 4.87.